The normalized spacial score (nSPS) is 15.1. The molecular formula is C16H20ClN5S. The van der Waals surface area contributed by atoms with E-state index in [0.29, 0.717) is 5.02 Å². The van der Waals surface area contributed by atoms with Crippen LogP contribution in [0.5, 0.6) is 0 Å². The van der Waals surface area contributed by atoms with Crippen molar-refractivity contribution >= 4 is 35.0 Å². The van der Waals surface area contributed by atoms with Gasteiger partial charge in [0.15, 0.2) is 5.16 Å². The van der Waals surface area contributed by atoms with Crippen LogP contribution in [0, 0.1) is 13.8 Å². The summed E-state index contributed by atoms with van der Waals surface area (Å²) in [5, 5.41) is 1.51. The van der Waals surface area contributed by atoms with Crippen molar-refractivity contribution in [2.24, 2.45) is 0 Å². The predicted molar refractivity (Wildman–Crippen MR) is 97.0 cm³/mol. The number of hydrogen-bond acceptors (Lipinski definition) is 6. The highest BCUT2D eigenvalue weighted by molar-refractivity contribution is 7.98. The van der Waals surface area contributed by atoms with Crippen molar-refractivity contribution in [1.29, 1.82) is 0 Å². The van der Waals surface area contributed by atoms with Crippen LogP contribution in [0.1, 0.15) is 11.3 Å². The van der Waals surface area contributed by atoms with Gasteiger partial charge in [0.05, 0.1) is 5.02 Å². The molecule has 23 heavy (non-hydrogen) atoms. The molecule has 0 spiro atoms. The third kappa shape index (κ3) is 3.53. The summed E-state index contributed by atoms with van der Waals surface area (Å²) in [7, 11) is 0. The number of thioether (sulfide) groups is 1. The van der Waals surface area contributed by atoms with Gasteiger partial charge in [-0.05, 0) is 32.2 Å². The average Bonchev–Trinajstić information content (AvgIpc) is 2.58. The lowest BCUT2D eigenvalue weighted by Crippen LogP contribution is -2.47. The van der Waals surface area contributed by atoms with Gasteiger partial charge in [-0.2, -0.15) is 0 Å². The first kappa shape index (κ1) is 16.3. The lowest BCUT2D eigenvalue weighted by atomic mass is 10.2. The van der Waals surface area contributed by atoms with Crippen LogP contribution < -0.4 is 9.80 Å². The minimum Gasteiger partial charge on any atom is -0.353 e. The summed E-state index contributed by atoms with van der Waals surface area (Å²) in [4.78, 5) is 18.3. The van der Waals surface area contributed by atoms with Crippen LogP contribution in [0.2, 0.25) is 5.02 Å². The van der Waals surface area contributed by atoms with Crippen LogP contribution in [-0.4, -0.2) is 47.4 Å². The fourth-order valence-electron chi connectivity index (χ4n) is 2.69. The first-order valence-corrected chi connectivity index (χ1v) is 9.19. The molecule has 7 heteroatoms. The Bertz CT molecular complexity index is 684. The van der Waals surface area contributed by atoms with E-state index in [1.165, 1.54) is 5.56 Å². The summed E-state index contributed by atoms with van der Waals surface area (Å²) in [6, 6.07) is 3.86. The van der Waals surface area contributed by atoms with Gasteiger partial charge in [-0.1, -0.05) is 23.4 Å². The first-order valence-electron chi connectivity index (χ1n) is 7.59. The summed E-state index contributed by atoms with van der Waals surface area (Å²) >= 11 is 7.50. The van der Waals surface area contributed by atoms with Crippen LogP contribution in [-0.2, 0) is 0 Å². The minimum absolute atomic E-state index is 0.670. The number of anilines is 2. The van der Waals surface area contributed by atoms with E-state index in [0.717, 1.165) is 48.7 Å². The molecule has 1 aliphatic heterocycles. The molecule has 2 aromatic heterocycles. The molecule has 0 aromatic carbocycles. The SMILES string of the molecule is CSc1nc(C)c(C)c(N2CCN(c3ccc(Cl)cn3)CC2)n1. The molecule has 3 heterocycles. The Morgan fingerprint density at radius 1 is 1.04 bits per heavy atom. The van der Waals surface area contributed by atoms with Gasteiger partial charge >= 0.3 is 0 Å². The Kier molecular flexibility index (Phi) is 4.92. The molecule has 3 rings (SSSR count). The van der Waals surface area contributed by atoms with E-state index in [9.17, 15) is 0 Å². The standard InChI is InChI=1S/C16H20ClN5S/c1-11-12(2)19-16(23-3)20-15(11)22-8-6-21(7-9-22)14-5-4-13(17)10-18-14/h4-5,10H,6-9H2,1-3H3. The van der Waals surface area contributed by atoms with Crippen molar-refractivity contribution in [2.45, 2.75) is 19.0 Å². The molecule has 0 atom stereocenters. The van der Waals surface area contributed by atoms with Gasteiger partial charge in [0, 0.05) is 43.6 Å². The molecule has 1 saturated heterocycles. The van der Waals surface area contributed by atoms with Crippen LogP contribution in [0.25, 0.3) is 0 Å². The third-order valence-corrected chi connectivity index (χ3v) is 4.91. The highest BCUT2D eigenvalue weighted by Gasteiger charge is 2.21. The molecule has 5 nitrogen and oxygen atoms in total. The van der Waals surface area contributed by atoms with Crippen LogP contribution in [0.15, 0.2) is 23.5 Å². The number of aromatic nitrogens is 3. The van der Waals surface area contributed by atoms with E-state index in [2.05, 4.69) is 26.7 Å². The molecule has 0 saturated carbocycles. The number of nitrogens with zero attached hydrogens (tertiary/aromatic N) is 5. The van der Waals surface area contributed by atoms with Crippen LogP contribution in [0.4, 0.5) is 11.6 Å². The number of piperazine rings is 1. The molecule has 0 amide bonds. The van der Waals surface area contributed by atoms with Gasteiger partial charge in [0.1, 0.15) is 11.6 Å². The molecule has 0 bridgehead atoms. The van der Waals surface area contributed by atoms with Crippen LogP contribution >= 0.6 is 23.4 Å². The summed E-state index contributed by atoms with van der Waals surface area (Å²) < 4.78 is 0. The van der Waals surface area contributed by atoms with E-state index in [1.54, 1.807) is 18.0 Å². The van der Waals surface area contributed by atoms with Crippen molar-refractivity contribution in [3.63, 3.8) is 0 Å². The van der Waals surface area contributed by atoms with Crippen molar-refractivity contribution in [3.8, 4) is 0 Å². The van der Waals surface area contributed by atoms with Gasteiger partial charge < -0.3 is 9.80 Å². The lowest BCUT2D eigenvalue weighted by molar-refractivity contribution is 0.635. The van der Waals surface area contributed by atoms with Crippen LogP contribution in [0.3, 0.4) is 0 Å². The Balaban J connectivity index is 1.74. The van der Waals surface area contributed by atoms with Gasteiger partial charge in [-0.3, -0.25) is 0 Å². The molecule has 0 N–H and O–H groups in total. The lowest BCUT2D eigenvalue weighted by Gasteiger charge is -2.36. The second-order valence-electron chi connectivity index (χ2n) is 5.55. The molecule has 0 aliphatic carbocycles. The molecule has 0 radical (unpaired) electrons. The second-order valence-corrected chi connectivity index (χ2v) is 6.76. The van der Waals surface area contributed by atoms with Gasteiger partial charge in [-0.25, -0.2) is 15.0 Å². The maximum atomic E-state index is 5.91. The number of halogens is 1. The summed E-state index contributed by atoms with van der Waals surface area (Å²) in [5.74, 6) is 2.04. The summed E-state index contributed by atoms with van der Waals surface area (Å²) in [6.07, 6.45) is 3.71. The Morgan fingerprint density at radius 3 is 2.35 bits per heavy atom. The molecule has 1 fully saturated rings. The number of pyridine rings is 1. The number of rotatable bonds is 3. The van der Waals surface area contributed by atoms with E-state index in [4.69, 9.17) is 16.6 Å². The highest BCUT2D eigenvalue weighted by Crippen LogP contribution is 2.25. The Morgan fingerprint density at radius 2 is 1.74 bits per heavy atom. The fraction of sp³-hybridized carbons (Fsp3) is 0.438. The molecule has 122 valence electrons. The fourth-order valence-corrected chi connectivity index (χ4v) is 3.21. The second kappa shape index (κ2) is 6.93. The highest BCUT2D eigenvalue weighted by atomic mass is 35.5. The smallest absolute Gasteiger partial charge is 0.189 e. The zero-order chi connectivity index (χ0) is 16.4. The number of aryl methyl sites for hydroxylation is 1. The molecule has 0 unspecified atom stereocenters. The maximum absolute atomic E-state index is 5.91. The Labute approximate surface area is 146 Å². The minimum atomic E-state index is 0.670. The van der Waals surface area contributed by atoms with E-state index >= 15 is 0 Å². The maximum Gasteiger partial charge on any atom is 0.189 e. The van der Waals surface area contributed by atoms with Gasteiger partial charge in [0.2, 0.25) is 0 Å². The quantitative estimate of drug-likeness (QED) is 0.626. The van der Waals surface area contributed by atoms with Gasteiger partial charge in [-0.15, -0.1) is 0 Å². The predicted octanol–water partition coefficient (Wildman–Crippen LogP) is 3.19. The zero-order valence-electron chi connectivity index (χ0n) is 13.6. The average molecular weight is 350 g/mol. The van der Waals surface area contributed by atoms with Gasteiger partial charge in [0.25, 0.3) is 0 Å². The molecule has 1 aliphatic rings. The first-order chi connectivity index (χ1) is 11.1. The van der Waals surface area contributed by atoms with Crippen molar-refractivity contribution in [1.82, 2.24) is 15.0 Å². The number of hydrogen-bond donors (Lipinski definition) is 0. The van der Waals surface area contributed by atoms with Crippen molar-refractivity contribution < 1.29 is 0 Å². The van der Waals surface area contributed by atoms with E-state index in [-0.39, 0.29) is 0 Å². The third-order valence-electron chi connectivity index (χ3n) is 4.14. The molecular weight excluding hydrogens is 330 g/mol. The summed E-state index contributed by atoms with van der Waals surface area (Å²) in [6.45, 7) is 7.85. The topological polar surface area (TPSA) is 45.2 Å². The van der Waals surface area contributed by atoms with E-state index in [1.807, 2.05) is 25.3 Å². The largest absolute Gasteiger partial charge is 0.353 e. The van der Waals surface area contributed by atoms with Crippen molar-refractivity contribution in [3.05, 3.63) is 34.6 Å². The Hall–Kier alpha value is -1.53. The van der Waals surface area contributed by atoms with E-state index < -0.39 is 0 Å². The van der Waals surface area contributed by atoms with Crippen molar-refractivity contribution in [2.75, 3.05) is 42.2 Å². The molecule has 2 aromatic rings. The monoisotopic (exact) mass is 349 g/mol. The summed E-state index contributed by atoms with van der Waals surface area (Å²) in [5.41, 5.74) is 2.22. The zero-order valence-corrected chi connectivity index (χ0v) is 15.2.